The Morgan fingerprint density at radius 3 is 3.00 bits per heavy atom. The fourth-order valence-electron chi connectivity index (χ4n) is 3.24. The van der Waals surface area contributed by atoms with E-state index in [4.69, 9.17) is 0 Å². The van der Waals surface area contributed by atoms with Crippen LogP contribution in [0.15, 0.2) is 41.6 Å². The Morgan fingerprint density at radius 1 is 1.17 bits per heavy atom. The Balaban J connectivity index is 1.66. The Labute approximate surface area is 140 Å². The number of carbonyl (C=O) groups is 1. The number of benzene rings is 1. The number of rotatable bonds is 1. The molecule has 0 fully saturated rings. The number of fused-ring (bicyclic) bond motifs is 2. The zero-order valence-corrected chi connectivity index (χ0v) is 14.0. The molecule has 4 rings (SSSR count). The Kier molecular flexibility index (Phi) is 3.73. The topological polar surface area (TPSA) is 36.4 Å². The van der Waals surface area contributed by atoms with Crippen molar-refractivity contribution in [2.45, 2.75) is 24.3 Å². The molecule has 0 saturated carbocycles. The van der Waals surface area contributed by atoms with Crippen molar-refractivity contribution in [1.82, 2.24) is 4.98 Å². The molecule has 0 N–H and O–H groups in total. The molecule has 0 bridgehead atoms. The summed E-state index contributed by atoms with van der Waals surface area (Å²) in [5.74, 6) is 1.06. The normalized spacial score (nSPS) is 17.5. The van der Waals surface area contributed by atoms with Crippen molar-refractivity contribution in [3.8, 4) is 0 Å². The summed E-state index contributed by atoms with van der Waals surface area (Å²) >= 11 is 1.77. The highest BCUT2D eigenvalue weighted by atomic mass is 32.2. The summed E-state index contributed by atoms with van der Waals surface area (Å²) in [6.07, 6.45) is 5.48. The first kappa shape index (κ1) is 14.6. The predicted molar refractivity (Wildman–Crippen MR) is 94.2 cm³/mol. The van der Waals surface area contributed by atoms with E-state index in [9.17, 15) is 4.79 Å². The van der Waals surface area contributed by atoms with Gasteiger partial charge in [0.2, 0.25) is 5.91 Å². The third-order valence-corrected chi connectivity index (χ3v) is 5.70. The molecule has 1 amide bonds. The van der Waals surface area contributed by atoms with Crippen molar-refractivity contribution in [2.75, 3.05) is 29.1 Å². The molecule has 4 nitrogen and oxygen atoms in total. The second kappa shape index (κ2) is 5.89. The van der Waals surface area contributed by atoms with Gasteiger partial charge in [0.15, 0.2) is 0 Å². The van der Waals surface area contributed by atoms with Gasteiger partial charge in [0.05, 0.1) is 5.69 Å². The molecule has 0 unspecified atom stereocenters. The lowest BCUT2D eigenvalue weighted by atomic mass is 10.0. The average Bonchev–Trinajstić information content (AvgIpc) is 2.73. The summed E-state index contributed by atoms with van der Waals surface area (Å²) in [6.45, 7) is 1.88. The van der Waals surface area contributed by atoms with Gasteiger partial charge >= 0.3 is 0 Å². The maximum atomic E-state index is 12.1. The molecule has 118 valence electrons. The lowest BCUT2D eigenvalue weighted by molar-refractivity contribution is -0.117. The third kappa shape index (κ3) is 2.70. The van der Waals surface area contributed by atoms with Crippen molar-refractivity contribution in [1.29, 1.82) is 0 Å². The summed E-state index contributed by atoms with van der Waals surface area (Å²) in [5.41, 5.74) is 4.91. The maximum absolute atomic E-state index is 12.1. The van der Waals surface area contributed by atoms with Crippen LogP contribution < -0.4 is 9.80 Å². The first-order valence-corrected chi connectivity index (χ1v) is 8.91. The van der Waals surface area contributed by atoms with Gasteiger partial charge in [0.1, 0.15) is 0 Å². The second-order valence-corrected chi connectivity index (χ2v) is 7.16. The summed E-state index contributed by atoms with van der Waals surface area (Å²) in [7, 11) is 1.88. The summed E-state index contributed by atoms with van der Waals surface area (Å²) < 4.78 is 0. The molecule has 1 aromatic carbocycles. The van der Waals surface area contributed by atoms with E-state index in [1.54, 1.807) is 16.7 Å². The van der Waals surface area contributed by atoms with Crippen molar-refractivity contribution in [3.05, 3.63) is 47.8 Å². The van der Waals surface area contributed by atoms with E-state index in [0.29, 0.717) is 6.42 Å². The van der Waals surface area contributed by atoms with Crippen LogP contribution in [0.3, 0.4) is 0 Å². The number of anilines is 2. The highest BCUT2D eigenvalue weighted by Gasteiger charge is 2.22. The molecule has 1 aromatic heterocycles. The summed E-state index contributed by atoms with van der Waals surface area (Å²) in [6, 6.07) is 8.61. The number of carbonyl (C=O) groups excluding carboxylic acids is 1. The SMILES string of the molecule is CN1C(=O)CCSc2ccc(N3CCc4ccncc4C3)cc21. The van der Waals surface area contributed by atoms with E-state index in [1.165, 1.54) is 21.7 Å². The number of aromatic nitrogens is 1. The molecule has 5 heteroatoms. The first-order valence-electron chi connectivity index (χ1n) is 7.92. The van der Waals surface area contributed by atoms with Gasteiger partial charge < -0.3 is 9.80 Å². The van der Waals surface area contributed by atoms with Gasteiger partial charge in [0.25, 0.3) is 0 Å². The quantitative estimate of drug-likeness (QED) is 0.807. The number of thioether (sulfide) groups is 1. The average molecular weight is 325 g/mol. The summed E-state index contributed by atoms with van der Waals surface area (Å²) in [4.78, 5) is 21.7. The van der Waals surface area contributed by atoms with E-state index in [0.717, 1.165) is 31.0 Å². The molecule has 23 heavy (non-hydrogen) atoms. The number of hydrogen-bond acceptors (Lipinski definition) is 4. The van der Waals surface area contributed by atoms with Crippen molar-refractivity contribution in [3.63, 3.8) is 0 Å². The van der Waals surface area contributed by atoms with Gasteiger partial charge in [-0.25, -0.2) is 0 Å². The minimum Gasteiger partial charge on any atom is -0.367 e. The van der Waals surface area contributed by atoms with Crippen LogP contribution >= 0.6 is 11.8 Å². The van der Waals surface area contributed by atoms with E-state index in [-0.39, 0.29) is 5.91 Å². The van der Waals surface area contributed by atoms with E-state index in [2.05, 4.69) is 34.1 Å². The minimum atomic E-state index is 0.196. The second-order valence-electron chi connectivity index (χ2n) is 6.02. The first-order chi connectivity index (χ1) is 11.2. The van der Waals surface area contributed by atoms with Crippen LogP contribution in [-0.4, -0.2) is 30.2 Å². The van der Waals surface area contributed by atoms with Crippen molar-refractivity contribution < 1.29 is 4.79 Å². The fraction of sp³-hybridized carbons (Fsp3) is 0.333. The van der Waals surface area contributed by atoms with Gasteiger partial charge in [-0.15, -0.1) is 11.8 Å². The maximum Gasteiger partial charge on any atom is 0.227 e. The van der Waals surface area contributed by atoms with E-state index >= 15 is 0 Å². The number of amides is 1. The lowest BCUT2D eigenvalue weighted by Crippen LogP contribution is -2.31. The minimum absolute atomic E-state index is 0.196. The molecule has 0 atom stereocenters. The lowest BCUT2D eigenvalue weighted by Gasteiger charge is -2.31. The largest absolute Gasteiger partial charge is 0.367 e. The van der Waals surface area contributed by atoms with Crippen molar-refractivity contribution in [2.24, 2.45) is 0 Å². The zero-order chi connectivity index (χ0) is 15.8. The van der Waals surface area contributed by atoms with E-state index in [1.807, 2.05) is 19.4 Å². The highest BCUT2D eigenvalue weighted by Crippen LogP contribution is 2.37. The predicted octanol–water partition coefficient (Wildman–Crippen LogP) is 3.10. The molecule has 0 saturated heterocycles. The Hall–Kier alpha value is -2.01. The number of hydrogen-bond donors (Lipinski definition) is 0. The van der Waals surface area contributed by atoms with Crippen LogP contribution in [0.1, 0.15) is 17.5 Å². The van der Waals surface area contributed by atoms with Gasteiger partial charge in [-0.05, 0) is 41.8 Å². The van der Waals surface area contributed by atoms with Gasteiger partial charge in [-0.1, -0.05) is 0 Å². The number of nitrogens with zero attached hydrogens (tertiary/aromatic N) is 3. The molecule has 0 aliphatic carbocycles. The van der Waals surface area contributed by atoms with Crippen LogP contribution in [0.25, 0.3) is 0 Å². The highest BCUT2D eigenvalue weighted by molar-refractivity contribution is 7.99. The van der Waals surface area contributed by atoms with Crippen molar-refractivity contribution >= 4 is 29.0 Å². The molecule has 3 heterocycles. The van der Waals surface area contributed by atoms with Crippen LogP contribution in [0.4, 0.5) is 11.4 Å². The molecular formula is C18H19N3OS. The standard InChI is InChI=1S/C18H19N3OS/c1-20-16-10-15(2-3-17(16)23-9-6-18(20)22)21-8-5-13-4-7-19-11-14(13)12-21/h2-4,7,10-11H,5-6,8-9,12H2,1H3. The molecular weight excluding hydrogens is 306 g/mol. The fourth-order valence-corrected chi connectivity index (χ4v) is 4.24. The van der Waals surface area contributed by atoms with E-state index < -0.39 is 0 Å². The smallest absolute Gasteiger partial charge is 0.227 e. The molecule has 2 aromatic rings. The molecule has 2 aliphatic rings. The molecule has 0 radical (unpaired) electrons. The number of pyridine rings is 1. The monoisotopic (exact) mass is 325 g/mol. The van der Waals surface area contributed by atoms with Gasteiger partial charge in [0, 0.05) is 55.3 Å². The van der Waals surface area contributed by atoms with Crippen LogP contribution in [0.2, 0.25) is 0 Å². The zero-order valence-electron chi connectivity index (χ0n) is 13.2. The molecule has 0 spiro atoms. The van der Waals surface area contributed by atoms with Crippen LogP contribution in [0.5, 0.6) is 0 Å². The van der Waals surface area contributed by atoms with Crippen LogP contribution in [0, 0.1) is 0 Å². The third-order valence-electron chi connectivity index (χ3n) is 4.63. The van der Waals surface area contributed by atoms with Gasteiger partial charge in [-0.2, -0.15) is 0 Å². The van der Waals surface area contributed by atoms with Crippen LogP contribution in [-0.2, 0) is 17.8 Å². The Bertz CT molecular complexity index is 762. The summed E-state index contributed by atoms with van der Waals surface area (Å²) in [5, 5.41) is 0. The van der Waals surface area contributed by atoms with Gasteiger partial charge in [-0.3, -0.25) is 9.78 Å². The Morgan fingerprint density at radius 2 is 2.09 bits per heavy atom. The molecule has 2 aliphatic heterocycles.